The minimum atomic E-state index is -0.153. The van der Waals surface area contributed by atoms with E-state index in [-0.39, 0.29) is 12.5 Å². The Kier molecular flexibility index (Phi) is 6.17. The summed E-state index contributed by atoms with van der Waals surface area (Å²) < 4.78 is 12.0. The van der Waals surface area contributed by atoms with Crippen LogP contribution < -0.4 is 10.1 Å². The average molecular weight is 366 g/mol. The number of hydrogen-bond acceptors (Lipinski definition) is 5. The third-order valence-corrected chi connectivity index (χ3v) is 4.02. The molecule has 2 aromatic heterocycles. The van der Waals surface area contributed by atoms with Crippen LogP contribution in [0.2, 0.25) is 0 Å². The summed E-state index contributed by atoms with van der Waals surface area (Å²) in [7, 11) is 3.14. The number of rotatable bonds is 8. The normalized spacial score (nSPS) is 10.6. The van der Waals surface area contributed by atoms with E-state index in [2.05, 4.69) is 10.3 Å². The molecule has 0 unspecified atom stereocenters. The molecule has 0 bridgehead atoms. The minimum Gasteiger partial charge on any atom is -0.497 e. The molecule has 0 atom stereocenters. The molecule has 7 nitrogen and oxygen atoms in total. The first-order chi connectivity index (χ1) is 13.2. The smallest absolute Gasteiger partial charge is 0.246 e. The van der Waals surface area contributed by atoms with E-state index in [0.29, 0.717) is 13.1 Å². The second kappa shape index (κ2) is 8.95. The third-order valence-electron chi connectivity index (χ3n) is 4.02. The van der Waals surface area contributed by atoms with Gasteiger partial charge in [-0.2, -0.15) is 5.10 Å². The Bertz CT molecular complexity index is 893. The van der Waals surface area contributed by atoms with Gasteiger partial charge in [0.2, 0.25) is 5.91 Å². The van der Waals surface area contributed by atoms with Crippen LogP contribution in [0.3, 0.4) is 0 Å². The van der Waals surface area contributed by atoms with Crippen molar-refractivity contribution < 1.29 is 14.3 Å². The van der Waals surface area contributed by atoms with Crippen molar-refractivity contribution in [3.8, 4) is 28.3 Å². The molecular weight excluding hydrogens is 344 g/mol. The summed E-state index contributed by atoms with van der Waals surface area (Å²) in [5, 5.41) is 7.53. The van der Waals surface area contributed by atoms with E-state index in [1.54, 1.807) is 19.5 Å². The van der Waals surface area contributed by atoms with Gasteiger partial charge in [-0.3, -0.25) is 14.5 Å². The summed E-state index contributed by atoms with van der Waals surface area (Å²) >= 11 is 0. The predicted molar refractivity (Wildman–Crippen MR) is 102 cm³/mol. The largest absolute Gasteiger partial charge is 0.497 e. The molecule has 27 heavy (non-hydrogen) atoms. The van der Waals surface area contributed by atoms with Gasteiger partial charge in [-0.15, -0.1) is 0 Å². The van der Waals surface area contributed by atoms with Crippen molar-refractivity contribution in [3.05, 3.63) is 54.9 Å². The Morgan fingerprint density at radius 1 is 1.15 bits per heavy atom. The highest BCUT2D eigenvalue weighted by molar-refractivity contribution is 5.77. The Labute approximate surface area is 158 Å². The first-order valence-electron chi connectivity index (χ1n) is 8.59. The molecule has 3 rings (SSSR count). The Balaban J connectivity index is 1.89. The molecule has 1 aromatic carbocycles. The van der Waals surface area contributed by atoms with Crippen molar-refractivity contribution in [2.45, 2.75) is 6.54 Å². The lowest BCUT2D eigenvalue weighted by Crippen LogP contribution is -2.30. The lowest BCUT2D eigenvalue weighted by molar-refractivity contribution is -0.124. The van der Waals surface area contributed by atoms with Gasteiger partial charge in [0.05, 0.1) is 25.0 Å². The Morgan fingerprint density at radius 3 is 2.74 bits per heavy atom. The number of pyridine rings is 1. The van der Waals surface area contributed by atoms with Crippen LogP contribution in [0, 0.1) is 0 Å². The molecule has 140 valence electrons. The number of methoxy groups -OCH3 is 2. The maximum atomic E-state index is 11.6. The molecule has 0 saturated carbocycles. The van der Waals surface area contributed by atoms with Gasteiger partial charge in [0, 0.05) is 37.2 Å². The first-order valence-corrected chi connectivity index (χ1v) is 8.59. The zero-order valence-corrected chi connectivity index (χ0v) is 15.4. The predicted octanol–water partition coefficient (Wildman–Crippen LogP) is 2.38. The third kappa shape index (κ3) is 4.71. The van der Waals surface area contributed by atoms with Gasteiger partial charge in [0.15, 0.2) is 0 Å². The highest BCUT2D eigenvalue weighted by Gasteiger charge is 2.13. The van der Waals surface area contributed by atoms with Crippen LogP contribution >= 0.6 is 0 Å². The lowest BCUT2D eigenvalue weighted by Gasteiger charge is -2.09. The molecule has 0 aliphatic carbocycles. The summed E-state index contributed by atoms with van der Waals surface area (Å²) in [6.07, 6.45) is 3.51. The van der Waals surface area contributed by atoms with Gasteiger partial charge >= 0.3 is 0 Å². The molecule has 0 saturated heterocycles. The maximum Gasteiger partial charge on any atom is 0.246 e. The van der Waals surface area contributed by atoms with Crippen LogP contribution in [-0.2, 0) is 16.1 Å². The van der Waals surface area contributed by atoms with Gasteiger partial charge in [-0.25, -0.2) is 0 Å². The second-order valence-corrected chi connectivity index (χ2v) is 5.89. The minimum absolute atomic E-state index is 0.0444. The van der Waals surface area contributed by atoms with E-state index in [9.17, 15) is 4.79 Å². The summed E-state index contributed by atoms with van der Waals surface area (Å²) in [5.74, 6) is 0.622. The van der Waals surface area contributed by atoms with Gasteiger partial charge in [0.25, 0.3) is 0 Å². The number of hydrogen-bond donors (Lipinski definition) is 1. The van der Waals surface area contributed by atoms with Crippen LogP contribution in [-0.4, -0.2) is 48.0 Å². The zero-order valence-electron chi connectivity index (χ0n) is 15.4. The van der Waals surface area contributed by atoms with E-state index in [1.165, 1.54) is 7.11 Å². The maximum absolute atomic E-state index is 11.6. The van der Waals surface area contributed by atoms with Gasteiger partial charge in [-0.1, -0.05) is 12.1 Å². The summed E-state index contributed by atoms with van der Waals surface area (Å²) in [4.78, 5) is 15.8. The van der Waals surface area contributed by atoms with Crippen molar-refractivity contribution in [2.75, 3.05) is 27.4 Å². The van der Waals surface area contributed by atoms with Gasteiger partial charge in [-0.05, 0) is 30.3 Å². The number of nitrogens with one attached hydrogen (secondary N) is 1. The molecule has 2 heterocycles. The summed E-state index contributed by atoms with van der Waals surface area (Å²) in [5.41, 5.74) is 3.68. The highest BCUT2D eigenvalue weighted by Crippen LogP contribution is 2.28. The molecule has 0 spiro atoms. The number of carbonyl (C=O) groups excluding carboxylic acids is 1. The molecule has 0 aliphatic rings. The Hall–Kier alpha value is -3.19. The highest BCUT2D eigenvalue weighted by atomic mass is 16.5. The van der Waals surface area contributed by atoms with Gasteiger partial charge < -0.3 is 14.8 Å². The fourth-order valence-corrected chi connectivity index (χ4v) is 2.74. The average Bonchev–Trinajstić information content (AvgIpc) is 3.13. The standard InChI is InChI=1S/C20H22N4O3/c1-26-14-20(25)22-9-10-24-19(15-5-3-7-17(11-15)27-2)12-18(23-24)16-6-4-8-21-13-16/h3-8,11-13H,9-10,14H2,1-2H3,(H,22,25). The van der Waals surface area contributed by atoms with E-state index < -0.39 is 0 Å². The number of benzene rings is 1. The number of ether oxygens (including phenoxy) is 2. The van der Waals surface area contributed by atoms with Gasteiger partial charge in [0.1, 0.15) is 12.4 Å². The number of amides is 1. The quantitative estimate of drug-likeness (QED) is 0.662. The van der Waals surface area contributed by atoms with E-state index in [4.69, 9.17) is 14.6 Å². The van der Waals surface area contributed by atoms with Crippen molar-refractivity contribution in [3.63, 3.8) is 0 Å². The van der Waals surface area contributed by atoms with Crippen molar-refractivity contribution >= 4 is 5.91 Å². The van der Waals surface area contributed by atoms with Crippen LogP contribution in [0.5, 0.6) is 5.75 Å². The molecular formula is C20H22N4O3. The summed E-state index contributed by atoms with van der Waals surface area (Å²) in [6.45, 7) is 1.03. The van der Waals surface area contributed by atoms with E-state index in [0.717, 1.165) is 28.3 Å². The number of nitrogens with zero attached hydrogens (tertiary/aromatic N) is 3. The number of carbonyl (C=O) groups is 1. The van der Waals surface area contributed by atoms with Crippen LogP contribution in [0.25, 0.3) is 22.5 Å². The first kappa shape index (κ1) is 18.6. The monoisotopic (exact) mass is 366 g/mol. The number of aromatic nitrogens is 3. The molecule has 3 aromatic rings. The molecule has 1 amide bonds. The molecule has 0 aliphatic heterocycles. The fraction of sp³-hybridized carbons (Fsp3) is 0.250. The molecule has 0 fully saturated rings. The fourth-order valence-electron chi connectivity index (χ4n) is 2.74. The Morgan fingerprint density at radius 2 is 2.00 bits per heavy atom. The molecule has 7 heteroatoms. The molecule has 0 radical (unpaired) electrons. The van der Waals surface area contributed by atoms with Crippen LogP contribution in [0.1, 0.15) is 0 Å². The van der Waals surface area contributed by atoms with Crippen molar-refractivity contribution in [2.24, 2.45) is 0 Å². The van der Waals surface area contributed by atoms with E-state index in [1.807, 2.05) is 47.1 Å². The molecule has 1 N–H and O–H groups in total. The topological polar surface area (TPSA) is 78.3 Å². The van der Waals surface area contributed by atoms with Crippen molar-refractivity contribution in [1.29, 1.82) is 0 Å². The van der Waals surface area contributed by atoms with Crippen LogP contribution in [0.15, 0.2) is 54.9 Å². The lowest BCUT2D eigenvalue weighted by atomic mass is 10.1. The second-order valence-electron chi connectivity index (χ2n) is 5.89. The van der Waals surface area contributed by atoms with Crippen LogP contribution in [0.4, 0.5) is 0 Å². The van der Waals surface area contributed by atoms with Crippen molar-refractivity contribution in [1.82, 2.24) is 20.1 Å². The SMILES string of the molecule is COCC(=O)NCCn1nc(-c2cccnc2)cc1-c1cccc(OC)c1. The van der Waals surface area contributed by atoms with E-state index >= 15 is 0 Å². The summed E-state index contributed by atoms with van der Waals surface area (Å²) in [6, 6.07) is 13.7. The zero-order chi connectivity index (χ0) is 19.1.